The molecule has 4 heterocycles. The van der Waals surface area contributed by atoms with Crippen molar-refractivity contribution in [1.29, 1.82) is 0 Å². The second kappa shape index (κ2) is 12.4. The van der Waals surface area contributed by atoms with Crippen LogP contribution in [0, 0.1) is 0 Å². The number of carboxylic acid groups (broad SMARTS) is 1. The van der Waals surface area contributed by atoms with Gasteiger partial charge in [0.05, 0.1) is 24.6 Å². The van der Waals surface area contributed by atoms with Crippen LogP contribution in [-0.2, 0) is 28.8 Å². The van der Waals surface area contributed by atoms with Crippen LogP contribution in [0.5, 0.6) is 0 Å². The molecule has 208 valence electrons. The Morgan fingerprint density at radius 1 is 0.878 bits per heavy atom. The smallest absolute Gasteiger partial charge is 0.303 e. The molecule has 0 spiro atoms. The molecule has 0 unspecified atom stereocenters. The third kappa shape index (κ3) is 7.03. The number of nitrogens with one attached hydrogen (secondary N) is 1. The zero-order chi connectivity index (χ0) is 28.0. The number of pyridine rings is 1. The van der Waals surface area contributed by atoms with Gasteiger partial charge in [0.15, 0.2) is 0 Å². The highest BCUT2D eigenvalue weighted by atomic mass is 32.1. The molecule has 1 aliphatic rings. The van der Waals surface area contributed by atoms with Crippen LogP contribution in [0.2, 0.25) is 0 Å². The minimum Gasteiger partial charge on any atom is -0.481 e. The fourth-order valence-corrected chi connectivity index (χ4v) is 5.73. The van der Waals surface area contributed by atoms with E-state index in [4.69, 9.17) is 29.8 Å². The Balaban J connectivity index is 1.24. The van der Waals surface area contributed by atoms with Crippen LogP contribution in [0.15, 0.2) is 72.8 Å². The van der Waals surface area contributed by atoms with E-state index >= 15 is 0 Å². The van der Waals surface area contributed by atoms with E-state index in [0.29, 0.717) is 25.2 Å². The van der Waals surface area contributed by atoms with Crippen LogP contribution in [0.25, 0.3) is 10.3 Å². The first-order valence-corrected chi connectivity index (χ1v) is 14.5. The molecule has 5 aromatic rings. The maximum absolute atomic E-state index is 10.9. The molecule has 1 aliphatic heterocycles. The lowest BCUT2D eigenvalue weighted by Gasteiger charge is -2.27. The third-order valence-electron chi connectivity index (χ3n) is 6.85. The molecule has 0 atom stereocenters. The Morgan fingerprint density at radius 3 is 2.39 bits per heavy atom. The molecule has 0 saturated carbocycles. The van der Waals surface area contributed by atoms with E-state index in [1.54, 1.807) is 11.3 Å². The van der Waals surface area contributed by atoms with Gasteiger partial charge in [0, 0.05) is 38.0 Å². The van der Waals surface area contributed by atoms with Gasteiger partial charge >= 0.3 is 5.97 Å². The molecule has 0 amide bonds. The van der Waals surface area contributed by atoms with E-state index < -0.39 is 5.97 Å². The highest BCUT2D eigenvalue weighted by Crippen LogP contribution is 2.26. The molecule has 3 aromatic heterocycles. The number of aryl methyl sites for hydroxylation is 1. The molecule has 1 fully saturated rings. The van der Waals surface area contributed by atoms with Crippen LogP contribution in [0.4, 0.5) is 17.5 Å². The lowest BCUT2D eigenvalue weighted by atomic mass is 10.1. The van der Waals surface area contributed by atoms with Gasteiger partial charge in [-0.25, -0.2) is 19.9 Å². The number of hydrogen-bond donors (Lipinski definition) is 2. The van der Waals surface area contributed by atoms with Crippen LogP contribution < -0.4 is 10.2 Å². The number of fused-ring (bicyclic) bond motifs is 1. The number of thiazole rings is 1. The summed E-state index contributed by atoms with van der Waals surface area (Å²) >= 11 is 1.60. The van der Waals surface area contributed by atoms with Crippen molar-refractivity contribution in [2.45, 2.75) is 25.7 Å². The maximum Gasteiger partial charge on any atom is 0.303 e. The van der Waals surface area contributed by atoms with Crippen LogP contribution in [-0.4, -0.2) is 57.3 Å². The third-order valence-corrected chi connectivity index (χ3v) is 7.82. The van der Waals surface area contributed by atoms with E-state index in [2.05, 4.69) is 22.3 Å². The van der Waals surface area contributed by atoms with Crippen molar-refractivity contribution in [2.75, 3.05) is 36.5 Å². The molecule has 41 heavy (non-hydrogen) atoms. The van der Waals surface area contributed by atoms with Crippen molar-refractivity contribution in [1.82, 2.24) is 19.9 Å². The molecule has 2 N–H and O–H groups in total. The number of aromatic nitrogens is 4. The number of ether oxygens (including phenoxy) is 1. The first kappa shape index (κ1) is 26.8. The van der Waals surface area contributed by atoms with Crippen molar-refractivity contribution in [3.05, 3.63) is 100 Å². The van der Waals surface area contributed by atoms with Crippen LogP contribution in [0.1, 0.15) is 33.9 Å². The van der Waals surface area contributed by atoms with E-state index in [-0.39, 0.29) is 6.42 Å². The molecule has 0 bridgehead atoms. The van der Waals surface area contributed by atoms with Gasteiger partial charge < -0.3 is 20.1 Å². The number of nitrogens with zero attached hydrogens (tertiary/aromatic N) is 5. The predicted molar refractivity (Wildman–Crippen MR) is 160 cm³/mol. The predicted octanol–water partition coefficient (Wildman–Crippen LogP) is 5.26. The molecule has 0 aliphatic carbocycles. The van der Waals surface area contributed by atoms with Crippen molar-refractivity contribution >= 4 is 45.1 Å². The Labute approximate surface area is 241 Å². The lowest BCUT2D eigenvalue weighted by molar-refractivity contribution is -0.136. The second-order valence-electron chi connectivity index (χ2n) is 9.93. The van der Waals surface area contributed by atoms with Crippen LogP contribution in [0.3, 0.4) is 0 Å². The van der Waals surface area contributed by atoms with Gasteiger partial charge in [0.25, 0.3) is 0 Å². The number of hydrogen-bond acceptors (Lipinski definition) is 9. The molecule has 2 aromatic carbocycles. The van der Waals surface area contributed by atoms with Gasteiger partial charge in [-0.1, -0.05) is 53.8 Å². The average molecular weight is 567 g/mol. The number of anilines is 3. The van der Waals surface area contributed by atoms with Gasteiger partial charge in [0.2, 0.25) is 5.95 Å². The fourth-order valence-electron chi connectivity index (χ4n) is 4.78. The molecular weight excluding hydrogens is 536 g/mol. The summed E-state index contributed by atoms with van der Waals surface area (Å²) in [6, 6.07) is 24.1. The fraction of sp³-hybridized carbons (Fsp3) is 0.258. The molecule has 10 heteroatoms. The summed E-state index contributed by atoms with van der Waals surface area (Å²) in [5, 5.41) is 13.2. The number of rotatable bonds is 10. The Morgan fingerprint density at radius 2 is 1.63 bits per heavy atom. The summed E-state index contributed by atoms with van der Waals surface area (Å²) in [6.45, 7) is 3.13. The minimum atomic E-state index is -0.801. The largest absolute Gasteiger partial charge is 0.481 e. The quantitative estimate of drug-likeness (QED) is 0.234. The van der Waals surface area contributed by atoms with E-state index in [0.717, 1.165) is 70.1 Å². The number of carbonyl (C=O) groups is 1. The standard InChI is InChI=1S/C31H30N6O3S/c38-29(39)13-8-21-6-9-23(10-7-21)32-31-33-24(18-22-4-2-1-3-5-22)19-25(34-31)20-28-35-26-11-12-27(36-30(26)41-28)37-14-16-40-17-15-37/h1-7,9-12,19H,8,13-18,20H2,(H,38,39)(H,32,33,34). The zero-order valence-electron chi connectivity index (χ0n) is 22.5. The summed E-state index contributed by atoms with van der Waals surface area (Å²) in [4.78, 5) is 33.4. The topological polar surface area (TPSA) is 113 Å². The SMILES string of the molecule is O=C(O)CCc1ccc(Nc2nc(Cc3ccccc3)cc(Cc3nc4ccc(N5CCOCC5)nc4s3)n2)cc1. The highest BCUT2D eigenvalue weighted by Gasteiger charge is 2.15. The average Bonchev–Trinajstić information content (AvgIpc) is 3.39. The Kier molecular flexibility index (Phi) is 8.11. The molecule has 6 rings (SSSR count). The van der Waals surface area contributed by atoms with Crippen molar-refractivity contribution in [3.63, 3.8) is 0 Å². The number of benzene rings is 2. The van der Waals surface area contributed by atoms with Gasteiger partial charge in [-0.05, 0) is 47.9 Å². The summed E-state index contributed by atoms with van der Waals surface area (Å²) in [5.41, 5.74) is 5.66. The maximum atomic E-state index is 10.9. The molecule has 1 saturated heterocycles. The Hall–Kier alpha value is -4.41. The van der Waals surface area contributed by atoms with E-state index in [9.17, 15) is 4.79 Å². The first-order chi connectivity index (χ1) is 20.1. The first-order valence-electron chi connectivity index (χ1n) is 13.6. The van der Waals surface area contributed by atoms with Gasteiger partial charge in [-0.15, -0.1) is 0 Å². The van der Waals surface area contributed by atoms with E-state index in [1.807, 2.05) is 60.7 Å². The van der Waals surface area contributed by atoms with Crippen LogP contribution >= 0.6 is 11.3 Å². The number of morpholine rings is 1. The number of aliphatic carboxylic acids is 1. The summed E-state index contributed by atoms with van der Waals surface area (Å²) in [5.74, 6) is 0.675. The second-order valence-corrected chi connectivity index (χ2v) is 11.0. The van der Waals surface area contributed by atoms with Gasteiger partial charge in [-0.3, -0.25) is 4.79 Å². The Bertz CT molecular complexity index is 1640. The van der Waals surface area contributed by atoms with Gasteiger partial charge in [-0.2, -0.15) is 0 Å². The normalized spacial score (nSPS) is 13.4. The summed E-state index contributed by atoms with van der Waals surface area (Å²) < 4.78 is 5.48. The molecule has 9 nitrogen and oxygen atoms in total. The van der Waals surface area contributed by atoms with Crippen molar-refractivity contribution < 1.29 is 14.6 Å². The van der Waals surface area contributed by atoms with Gasteiger partial charge in [0.1, 0.15) is 21.2 Å². The van der Waals surface area contributed by atoms with E-state index in [1.165, 1.54) is 5.56 Å². The summed E-state index contributed by atoms with van der Waals surface area (Å²) in [7, 11) is 0. The monoisotopic (exact) mass is 566 g/mol. The lowest BCUT2D eigenvalue weighted by Crippen LogP contribution is -2.36. The van der Waals surface area contributed by atoms with Crippen molar-refractivity contribution in [2.24, 2.45) is 0 Å². The van der Waals surface area contributed by atoms with Crippen molar-refractivity contribution in [3.8, 4) is 0 Å². The summed E-state index contributed by atoms with van der Waals surface area (Å²) in [6.07, 6.45) is 1.86. The number of carboxylic acids is 1. The minimum absolute atomic E-state index is 0.108. The molecule has 0 radical (unpaired) electrons. The zero-order valence-corrected chi connectivity index (χ0v) is 23.3. The molecular formula is C31H30N6O3S. The highest BCUT2D eigenvalue weighted by molar-refractivity contribution is 7.18.